The molecular formula is C15H20N4O2. The van der Waals surface area contributed by atoms with Crippen LogP contribution >= 0.6 is 0 Å². The number of nitrogens with one attached hydrogen (secondary N) is 1. The summed E-state index contributed by atoms with van der Waals surface area (Å²) in [6.45, 7) is 4.84. The summed E-state index contributed by atoms with van der Waals surface area (Å²) in [5.74, 6) is -0.226. The molecule has 21 heavy (non-hydrogen) atoms. The molecule has 3 N–H and O–H groups in total. The maximum absolute atomic E-state index is 11.9. The molecule has 112 valence electrons. The van der Waals surface area contributed by atoms with Gasteiger partial charge in [-0.3, -0.25) is 4.79 Å². The second kappa shape index (κ2) is 6.90. The average Bonchev–Trinajstić information content (AvgIpc) is 2.93. The van der Waals surface area contributed by atoms with Crippen LogP contribution in [0.2, 0.25) is 0 Å². The van der Waals surface area contributed by atoms with Crippen molar-refractivity contribution in [2.75, 3.05) is 18.9 Å². The summed E-state index contributed by atoms with van der Waals surface area (Å²) in [6.07, 6.45) is 1.87. The molecule has 1 heterocycles. The molecule has 0 aliphatic heterocycles. The molecule has 0 radical (unpaired) electrons. The van der Waals surface area contributed by atoms with Gasteiger partial charge in [0.05, 0.1) is 24.1 Å². The lowest BCUT2D eigenvalue weighted by atomic mass is 10.3. The Morgan fingerprint density at radius 3 is 2.86 bits per heavy atom. The van der Waals surface area contributed by atoms with Crippen LogP contribution in [0.5, 0.6) is 0 Å². The first-order valence-electron chi connectivity index (χ1n) is 6.88. The Morgan fingerprint density at radius 1 is 1.38 bits per heavy atom. The smallest absolute Gasteiger partial charge is 0.271 e. The van der Waals surface area contributed by atoms with E-state index in [0.717, 1.165) is 5.69 Å². The van der Waals surface area contributed by atoms with E-state index in [1.165, 1.54) is 0 Å². The molecule has 0 unspecified atom stereocenters. The largest absolute Gasteiger partial charge is 0.397 e. The molecule has 0 spiro atoms. The van der Waals surface area contributed by atoms with Crippen molar-refractivity contribution in [1.82, 2.24) is 15.1 Å². The predicted octanol–water partition coefficient (Wildman–Crippen LogP) is 1.61. The molecule has 1 amide bonds. The number of para-hydroxylation sites is 2. The number of ether oxygens (including phenoxy) is 1. The molecule has 2 rings (SSSR count). The van der Waals surface area contributed by atoms with Crippen LogP contribution in [0.3, 0.4) is 0 Å². The third-order valence-corrected chi connectivity index (χ3v) is 2.84. The standard InChI is InChI=1S/C15H20N4O2/c1-11(2)21-10-8-17-15(20)13-7-9-19(18-13)14-6-4-3-5-12(14)16/h3-7,9,11H,8,10,16H2,1-2H3,(H,17,20). The number of nitrogen functional groups attached to an aromatic ring is 1. The Kier molecular flexibility index (Phi) is 4.94. The third-order valence-electron chi connectivity index (χ3n) is 2.84. The molecule has 0 saturated carbocycles. The van der Waals surface area contributed by atoms with Gasteiger partial charge in [-0.1, -0.05) is 12.1 Å². The Hall–Kier alpha value is -2.34. The summed E-state index contributed by atoms with van der Waals surface area (Å²) in [5.41, 5.74) is 7.60. The van der Waals surface area contributed by atoms with E-state index in [4.69, 9.17) is 10.5 Å². The van der Waals surface area contributed by atoms with Crippen molar-refractivity contribution >= 4 is 11.6 Å². The van der Waals surface area contributed by atoms with Gasteiger partial charge in [0.25, 0.3) is 5.91 Å². The van der Waals surface area contributed by atoms with Crippen molar-refractivity contribution in [2.45, 2.75) is 20.0 Å². The van der Waals surface area contributed by atoms with E-state index in [0.29, 0.717) is 24.5 Å². The first kappa shape index (κ1) is 15.1. The van der Waals surface area contributed by atoms with Gasteiger partial charge in [0, 0.05) is 12.7 Å². The highest BCUT2D eigenvalue weighted by molar-refractivity contribution is 5.92. The van der Waals surface area contributed by atoms with Gasteiger partial charge in [-0.05, 0) is 32.0 Å². The Morgan fingerprint density at radius 2 is 2.14 bits per heavy atom. The number of aromatic nitrogens is 2. The number of hydrogen-bond donors (Lipinski definition) is 2. The highest BCUT2D eigenvalue weighted by Gasteiger charge is 2.10. The van der Waals surface area contributed by atoms with E-state index >= 15 is 0 Å². The van der Waals surface area contributed by atoms with Crippen molar-refractivity contribution in [3.05, 3.63) is 42.2 Å². The van der Waals surface area contributed by atoms with Gasteiger partial charge < -0.3 is 15.8 Å². The normalized spacial score (nSPS) is 10.8. The third kappa shape index (κ3) is 4.06. The second-order valence-electron chi connectivity index (χ2n) is 4.88. The van der Waals surface area contributed by atoms with E-state index in [-0.39, 0.29) is 12.0 Å². The first-order chi connectivity index (χ1) is 10.1. The van der Waals surface area contributed by atoms with Crippen molar-refractivity contribution in [2.24, 2.45) is 0 Å². The topological polar surface area (TPSA) is 82.2 Å². The predicted molar refractivity (Wildman–Crippen MR) is 81.4 cm³/mol. The lowest BCUT2D eigenvalue weighted by Gasteiger charge is -2.07. The number of hydrogen-bond acceptors (Lipinski definition) is 4. The molecule has 2 aromatic rings. The van der Waals surface area contributed by atoms with Gasteiger partial charge >= 0.3 is 0 Å². The molecule has 0 aliphatic rings. The van der Waals surface area contributed by atoms with E-state index < -0.39 is 0 Å². The van der Waals surface area contributed by atoms with Crippen LogP contribution in [0.4, 0.5) is 5.69 Å². The van der Waals surface area contributed by atoms with Crippen LogP contribution in [0.1, 0.15) is 24.3 Å². The van der Waals surface area contributed by atoms with Crippen molar-refractivity contribution in [3.63, 3.8) is 0 Å². The second-order valence-corrected chi connectivity index (χ2v) is 4.88. The van der Waals surface area contributed by atoms with Gasteiger partial charge in [-0.25, -0.2) is 4.68 Å². The highest BCUT2D eigenvalue weighted by Crippen LogP contribution is 2.15. The minimum Gasteiger partial charge on any atom is -0.397 e. The quantitative estimate of drug-likeness (QED) is 0.625. The molecule has 0 saturated heterocycles. The lowest BCUT2D eigenvalue weighted by molar-refractivity contribution is 0.0744. The number of amides is 1. The van der Waals surface area contributed by atoms with Crippen LogP contribution in [-0.4, -0.2) is 34.9 Å². The van der Waals surface area contributed by atoms with Crippen molar-refractivity contribution in [3.8, 4) is 5.69 Å². The monoisotopic (exact) mass is 288 g/mol. The summed E-state index contributed by atoms with van der Waals surface area (Å²) < 4.78 is 6.95. The zero-order valence-electron chi connectivity index (χ0n) is 12.2. The summed E-state index contributed by atoms with van der Waals surface area (Å²) in [4.78, 5) is 11.9. The summed E-state index contributed by atoms with van der Waals surface area (Å²) >= 11 is 0. The maximum Gasteiger partial charge on any atom is 0.271 e. The molecule has 1 aromatic heterocycles. The molecular weight excluding hydrogens is 268 g/mol. The number of benzene rings is 1. The SMILES string of the molecule is CC(C)OCCNC(=O)c1ccn(-c2ccccc2N)n1. The summed E-state index contributed by atoms with van der Waals surface area (Å²) in [7, 11) is 0. The van der Waals surface area contributed by atoms with Gasteiger partial charge in [0.15, 0.2) is 5.69 Å². The molecule has 0 atom stereocenters. The van der Waals surface area contributed by atoms with E-state index in [1.54, 1.807) is 23.0 Å². The van der Waals surface area contributed by atoms with Gasteiger partial charge in [-0.15, -0.1) is 0 Å². The van der Waals surface area contributed by atoms with Crippen LogP contribution in [0.25, 0.3) is 5.69 Å². The van der Waals surface area contributed by atoms with Gasteiger partial charge in [0.2, 0.25) is 0 Å². The van der Waals surface area contributed by atoms with Crippen molar-refractivity contribution < 1.29 is 9.53 Å². The van der Waals surface area contributed by atoms with E-state index in [2.05, 4.69) is 10.4 Å². The summed E-state index contributed by atoms with van der Waals surface area (Å²) in [5, 5.41) is 7.00. The minimum absolute atomic E-state index is 0.155. The average molecular weight is 288 g/mol. The maximum atomic E-state index is 11.9. The molecule has 0 aliphatic carbocycles. The Labute approximate surface area is 123 Å². The van der Waals surface area contributed by atoms with Crippen LogP contribution < -0.4 is 11.1 Å². The zero-order chi connectivity index (χ0) is 15.2. The number of carbonyl (C=O) groups excluding carboxylic acids is 1. The molecule has 6 nitrogen and oxygen atoms in total. The van der Waals surface area contributed by atoms with Crippen LogP contribution in [0, 0.1) is 0 Å². The minimum atomic E-state index is -0.226. The Balaban J connectivity index is 1.97. The fourth-order valence-corrected chi connectivity index (χ4v) is 1.83. The fourth-order valence-electron chi connectivity index (χ4n) is 1.83. The lowest BCUT2D eigenvalue weighted by Crippen LogP contribution is -2.28. The Bertz CT molecular complexity index is 607. The van der Waals surface area contributed by atoms with Gasteiger partial charge in [0.1, 0.15) is 0 Å². The van der Waals surface area contributed by atoms with E-state index in [9.17, 15) is 4.79 Å². The van der Waals surface area contributed by atoms with E-state index in [1.807, 2.05) is 32.0 Å². The number of nitrogens with two attached hydrogens (primary N) is 1. The number of nitrogens with zero attached hydrogens (tertiary/aromatic N) is 2. The molecule has 0 bridgehead atoms. The molecule has 0 fully saturated rings. The first-order valence-corrected chi connectivity index (χ1v) is 6.88. The van der Waals surface area contributed by atoms with Crippen LogP contribution in [0.15, 0.2) is 36.5 Å². The fraction of sp³-hybridized carbons (Fsp3) is 0.333. The summed E-state index contributed by atoms with van der Waals surface area (Å²) in [6, 6.07) is 9.02. The molecule has 1 aromatic carbocycles. The van der Waals surface area contributed by atoms with Gasteiger partial charge in [-0.2, -0.15) is 5.10 Å². The van der Waals surface area contributed by atoms with Crippen LogP contribution in [-0.2, 0) is 4.74 Å². The molecule has 6 heteroatoms. The number of carbonyl (C=O) groups is 1. The highest BCUT2D eigenvalue weighted by atomic mass is 16.5. The number of anilines is 1. The number of rotatable bonds is 6. The zero-order valence-corrected chi connectivity index (χ0v) is 12.2. The van der Waals surface area contributed by atoms with Crippen molar-refractivity contribution in [1.29, 1.82) is 0 Å².